The number of carbonyl (C=O) groups is 1. The molecule has 0 spiro atoms. The number of nitrogens with zero attached hydrogens (tertiary/aromatic N) is 4. The fourth-order valence-corrected chi connectivity index (χ4v) is 3.24. The summed E-state index contributed by atoms with van der Waals surface area (Å²) in [6.07, 6.45) is 4.19. The SMILES string of the molecule is C[C@H](NC(=O)NCc1ccccc1CN1CCCC1)c1nncn1C. The van der Waals surface area contributed by atoms with Crippen LogP contribution in [-0.2, 0) is 20.1 Å². The molecule has 2 N–H and O–H groups in total. The van der Waals surface area contributed by atoms with E-state index in [2.05, 4.69) is 43.9 Å². The maximum Gasteiger partial charge on any atom is 0.315 e. The van der Waals surface area contributed by atoms with E-state index in [1.165, 1.54) is 18.4 Å². The van der Waals surface area contributed by atoms with Crippen LogP contribution in [0.25, 0.3) is 0 Å². The summed E-state index contributed by atoms with van der Waals surface area (Å²) in [6.45, 7) is 5.69. The lowest BCUT2D eigenvalue weighted by Crippen LogP contribution is -2.37. The second kappa shape index (κ2) is 8.11. The first kappa shape index (κ1) is 17.4. The molecule has 1 aliphatic heterocycles. The molecule has 1 atom stereocenters. The Balaban J connectivity index is 1.54. The van der Waals surface area contributed by atoms with Crippen LogP contribution in [0.2, 0.25) is 0 Å². The fourth-order valence-electron chi connectivity index (χ4n) is 3.24. The molecule has 1 saturated heterocycles. The highest BCUT2D eigenvalue weighted by molar-refractivity contribution is 5.74. The van der Waals surface area contributed by atoms with E-state index in [-0.39, 0.29) is 12.1 Å². The average molecular weight is 342 g/mol. The van der Waals surface area contributed by atoms with Gasteiger partial charge >= 0.3 is 6.03 Å². The largest absolute Gasteiger partial charge is 0.334 e. The van der Waals surface area contributed by atoms with E-state index in [4.69, 9.17) is 0 Å². The molecule has 2 heterocycles. The van der Waals surface area contributed by atoms with Gasteiger partial charge in [0, 0.05) is 20.1 Å². The number of urea groups is 1. The quantitative estimate of drug-likeness (QED) is 0.842. The monoisotopic (exact) mass is 342 g/mol. The molecule has 7 heteroatoms. The minimum atomic E-state index is -0.202. The molecule has 1 aliphatic rings. The van der Waals surface area contributed by atoms with Crippen LogP contribution in [0.15, 0.2) is 30.6 Å². The van der Waals surface area contributed by atoms with E-state index in [0.29, 0.717) is 6.54 Å². The first-order valence-electron chi connectivity index (χ1n) is 8.81. The summed E-state index contributed by atoms with van der Waals surface area (Å²) in [7, 11) is 1.86. The molecule has 25 heavy (non-hydrogen) atoms. The van der Waals surface area contributed by atoms with Gasteiger partial charge in [-0.15, -0.1) is 10.2 Å². The van der Waals surface area contributed by atoms with Crippen molar-refractivity contribution in [1.82, 2.24) is 30.3 Å². The molecule has 2 aromatic rings. The van der Waals surface area contributed by atoms with Crippen LogP contribution in [-0.4, -0.2) is 38.8 Å². The van der Waals surface area contributed by atoms with Crippen molar-refractivity contribution >= 4 is 6.03 Å². The predicted octanol–water partition coefficient (Wildman–Crippen LogP) is 1.97. The van der Waals surface area contributed by atoms with Crippen LogP contribution in [0.3, 0.4) is 0 Å². The molecule has 1 aromatic carbocycles. The van der Waals surface area contributed by atoms with Gasteiger partial charge in [-0.1, -0.05) is 24.3 Å². The summed E-state index contributed by atoms with van der Waals surface area (Å²) in [5.41, 5.74) is 2.45. The van der Waals surface area contributed by atoms with Gasteiger partial charge in [-0.25, -0.2) is 4.79 Å². The second-order valence-electron chi connectivity index (χ2n) is 6.60. The van der Waals surface area contributed by atoms with Gasteiger partial charge in [-0.05, 0) is 44.0 Å². The molecular formula is C18H26N6O. The molecule has 0 unspecified atom stereocenters. The topological polar surface area (TPSA) is 75.1 Å². The van der Waals surface area contributed by atoms with Crippen molar-refractivity contribution in [2.45, 2.75) is 38.9 Å². The maximum absolute atomic E-state index is 12.2. The molecule has 0 saturated carbocycles. The second-order valence-corrected chi connectivity index (χ2v) is 6.60. The van der Waals surface area contributed by atoms with Crippen molar-refractivity contribution in [2.75, 3.05) is 13.1 Å². The van der Waals surface area contributed by atoms with Crippen molar-refractivity contribution in [2.24, 2.45) is 7.05 Å². The van der Waals surface area contributed by atoms with Crippen molar-refractivity contribution in [3.05, 3.63) is 47.5 Å². The molecule has 0 bridgehead atoms. The van der Waals surface area contributed by atoms with E-state index in [9.17, 15) is 4.79 Å². The maximum atomic E-state index is 12.2. The van der Waals surface area contributed by atoms with Gasteiger partial charge in [-0.3, -0.25) is 4.90 Å². The Morgan fingerprint density at radius 2 is 1.96 bits per heavy atom. The molecule has 0 radical (unpaired) electrons. The van der Waals surface area contributed by atoms with E-state index in [1.807, 2.05) is 20.0 Å². The first-order chi connectivity index (χ1) is 12.1. The van der Waals surface area contributed by atoms with Gasteiger partial charge in [0.2, 0.25) is 0 Å². The summed E-state index contributed by atoms with van der Waals surface area (Å²) in [5.74, 6) is 0.726. The lowest BCUT2D eigenvalue weighted by molar-refractivity contribution is 0.236. The van der Waals surface area contributed by atoms with Gasteiger partial charge in [0.1, 0.15) is 6.33 Å². The molecule has 3 rings (SSSR count). The van der Waals surface area contributed by atoms with E-state index in [1.54, 1.807) is 10.9 Å². The van der Waals surface area contributed by atoms with Crippen molar-refractivity contribution in [1.29, 1.82) is 0 Å². The number of aromatic nitrogens is 3. The van der Waals surface area contributed by atoms with Crippen LogP contribution >= 0.6 is 0 Å². The normalized spacial score (nSPS) is 15.9. The minimum Gasteiger partial charge on any atom is -0.334 e. The number of hydrogen-bond acceptors (Lipinski definition) is 4. The molecule has 7 nitrogen and oxygen atoms in total. The van der Waals surface area contributed by atoms with Crippen LogP contribution in [0.5, 0.6) is 0 Å². The number of benzene rings is 1. The van der Waals surface area contributed by atoms with Gasteiger partial charge < -0.3 is 15.2 Å². The molecular weight excluding hydrogens is 316 g/mol. The number of aryl methyl sites for hydroxylation is 1. The molecule has 1 aromatic heterocycles. The third-order valence-corrected chi connectivity index (χ3v) is 4.63. The Hall–Kier alpha value is -2.41. The molecule has 1 fully saturated rings. The highest BCUT2D eigenvalue weighted by Gasteiger charge is 2.16. The Morgan fingerprint density at radius 3 is 2.64 bits per heavy atom. The van der Waals surface area contributed by atoms with Crippen molar-refractivity contribution in [3.8, 4) is 0 Å². The number of hydrogen-bond donors (Lipinski definition) is 2. The zero-order valence-corrected chi connectivity index (χ0v) is 14.9. The van der Waals surface area contributed by atoms with E-state index >= 15 is 0 Å². The van der Waals surface area contributed by atoms with Crippen LogP contribution < -0.4 is 10.6 Å². The average Bonchev–Trinajstić information content (AvgIpc) is 3.25. The smallest absolute Gasteiger partial charge is 0.315 e. The third-order valence-electron chi connectivity index (χ3n) is 4.63. The molecule has 2 amide bonds. The van der Waals surface area contributed by atoms with Crippen LogP contribution in [0.1, 0.15) is 42.8 Å². The lowest BCUT2D eigenvalue weighted by Gasteiger charge is -2.18. The Labute approximate surface area is 148 Å². The fraction of sp³-hybridized carbons (Fsp3) is 0.500. The van der Waals surface area contributed by atoms with Crippen molar-refractivity contribution in [3.63, 3.8) is 0 Å². The standard InChI is InChI=1S/C18H26N6O/c1-14(17-22-20-13-23(17)2)21-18(25)19-11-15-7-3-4-8-16(15)12-24-9-5-6-10-24/h3-4,7-8,13-14H,5-6,9-12H2,1-2H3,(H2,19,21,25)/t14-/m0/s1. The summed E-state index contributed by atoms with van der Waals surface area (Å²) in [5, 5.41) is 13.7. The summed E-state index contributed by atoms with van der Waals surface area (Å²) < 4.78 is 1.80. The van der Waals surface area contributed by atoms with Gasteiger partial charge in [0.25, 0.3) is 0 Å². The predicted molar refractivity (Wildman–Crippen MR) is 95.7 cm³/mol. The van der Waals surface area contributed by atoms with Crippen molar-refractivity contribution < 1.29 is 4.79 Å². The Bertz CT molecular complexity index is 707. The highest BCUT2D eigenvalue weighted by Crippen LogP contribution is 2.16. The molecule has 0 aliphatic carbocycles. The van der Waals surface area contributed by atoms with Crippen LogP contribution in [0.4, 0.5) is 4.79 Å². The number of carbonyl (C=O) groups excluding carboxylic acids is 1. The van der Waals surface area contributed by atoms with Gasteiger partial charge in [0.15, 0.2) is 5.82 Å². The summed E-state index contributed by atoms with van der Waals surface area (Å²) in [4.78, 5) is 14.7. The highest BCUT2D eigenvalue weighted by atomic mass is 16.2. The first-order valence-corrected chi connectivity index (χ1v) is 8.81. The van der Waals surface area contributed by atoms with Crippen LogP contribution in [0, 0.1) is 0 Å². The van der Waals surface area contributed by atoms with E-state index in [0.717, 1.165) is 31.0 Å². The summed E-state index contributed by atoms with van der Waals surface area (Å²) >= 11 is 0. The van der Waals surface area contributed by atoms with E-state index < -0.39 is 0 Å². The van der Waals surface area contributed by atoms with Gasteiger partial charge in [0.05, 0.1) is 6.04 Å². The van der Waals surface area contributed by atoms with Gasteiger partial charge in [-0.2, -0.15) is 0 Å². The lowest BCUT2D eigenvalue weighted by atomic mass is 10.1. The number of amides is 2. The Morgan fingerprint density at radius 1 is 1.24 bits per heavy atom. The zero-order valence-electron chi connectivity index (χ0n) is 14.9. The summed E-state index contributed by atoms with van der Waals surface area (Å²) in [6, 6.07) is 7.90. The zero-order chi connectivity index (χ0) is 17.6. The molecule has 134 valence electrons. The number of nitrogens with one attached hydrogen (secondary N) is 2. The third kappa shape index (κ3) is 4.57. The number of rotatable bonds is 6. The Kier molecular flexibility index (Phi) is 5.65. The minimum absolute atomic E-state index is 0.202. The number of likely N-dealkylation sites (tertiary alicyclic amines) is 1.